The zero-order valence-corrected chi connectivity index (χ0v) is 8.76. The van der Waals surface area contributed by atoms with Crippen LogP contribution in [0.25, 0.3) is 0 Å². The molecule has 0 amide bonds. The Morgan fingerprint density at radius 2 is 2.00 bits per heavy atom. The van der Waals surface area contributed by atoms with Gasteiger partial charge in [-0.2, -0.15) is 0 Å². The van der Waals surface area contributed by atoms with Crippen molar-refractivity contribution in [3.05, 3.63) is 0 Å². The van der Waals surface area contributed by atoms with E-state index in [1.165, 1.54) is 0 Å². The molecule has 0 aromatic heterocycles. The minimum absolute atomic E-state index is 0. The smallest absolute Gasteiger partial charge is 0.317 e. The van der Waals surface area contributed by atoms with E-state index in [1.807, 2.05) is 0 Å². The van der Waals surface area contributed by atoms with Gasteiger partial charge in [-0.25, -0.2) is 0 Å². The number of esters is 1. The predicted octanol–water partition coefficient (Wildman–Crippen LogP) is 0.0217. The van der Waals surface area contributed by atoms with Crippen molar-refractivity contribution in [2.45, 2.75) is 13.3 Å². The summed E-state index contributed by atoms with van der Waals surface area (Å²) >= 11 is 0. The molecule has 0 fully saturated rings. The maximum absolute atomic E-state index is 10.3. The van der Waals surface area contributed by atoms with Gasteiger partial charge >= 0.3 is 11.9 Å². The molecule has 0 aliphatic heterocycles. The van der Waals surface area contributed by atoms with E-state index in [4.69, 9.17) is 5.11 Å². The van der Waals surface area contributed by atoms with E-state index in [0.29, 0.717) is 0 Å². The average Bonchev–Trinajstić information content (AvgIpc) is 1.63. The third kappa shape index (κ3) is 7.56. The van der Waals surface area contributed by atoms with E-state index in [2.05, 4.69) is 4.74 Å². The molecule has 0 bridgehead atoms. The molecule has 54 valence electrons. The fourth-order valence-electron chi connectivity index (χ4n) is 0.335. The second kappa shape index (κ2) is 6.68. The molecule has 0 aliphatic rings. The average molecular weight is 198 g/mol. The van der Waals surface area contributed by atoms with Gasteiger partial charge in [0.2, 0.25) is 0 Å². The third-order valence-electron chi connectivity index (χ3n) is 0.601. The molecule has 0 rings (SSSR count). The normalized spacial score (nSPS) is 7.70. The molecule has 4 nitrogen and oxygen atoms in total. The molecule has 0 spiro atoms. The first-order valence-corrected chi connectivity index (χ1v) is 2.54. The summed E-state index contributed by atoms with van der Waals surface area (Å²) in [6.45, 7) is 1.85. The van der Waals surface area contributed by atoms with Gasteiger partial charge in [0.15, 0.2) is 0 Å². The van der Waals surface area contributed by atoms with Crippen molar-refractivity contribution in [2.75, 3.05) is 6.61 Å². The van der Waals surface area contributed by atoms with Crippen LogP contribution >= 0.6 is 0 Å². The molecule has 0 unspecified atom stereocenters. The first kappa shape index (κ1) is 12.3. The number of aliphatic carboxylic acids is 1. The third-order valence-corrected chi connectivity index (χ3v) is 0.601. The van der Waals surface area contributed by atoms with Gasteiger partial charge in [0.05, 0.1) is 6.61 Å². The Bertz CT molecular complexity index is 123. The number of carbonyl (C=O) groups excluding carboxylic acids is 1. The summed E-state index contributed by atoms with van der Waals surface area (Å²) in [5.41, 5.74) is 0. The fraction of sp³-hybridized carbons (Fsp3) is 0.600. The van der Waals surface area contributed by atoms with E-state index < -0.39 is 18.4 Å². The molecule has 10 heavy (non-hydrogen) atoms. The minimum atomic E-state index is -1.16. The molecule has 0 saturated heterocycles. The van der Waals surface area contributed by atoms with Crippen LogP contribution in [0.5, 0.6) is 0 Å². The van der Waals surface area contributed by atoms with Crippen molar-refractivity contribution in [3.63, 3.8) is 0 Å². The monoisotopic (exact) mass is 196 g/mol. The van der Waals surface area contributed by atoms with Gasteiger partial charge in [-0.15, -0.1) is 0 Å². The summed E-state index contributed by atoms with van der Waals surface area (Å²) < 4.78 is 4.33. The van der Waals surface area contributed by atoms with E-state index in [-0.39, 0.29) is 26.1 Å². The molecular weight excluding hydrogens is 189 g/mol. The van der Waals surface area contributed by atoms with Gasteiger partial charge in [-0.05, 0) is 6.92 Å². The molecule has 0 aromatic carbocycles. The van der Waals surface area contributed by atoms with E-state index in [0.717, 1.165) is 0 Å². The zero-order valence-electron chi connectivity index (χ0n) is 5.79. The van der Waals surface area contributed by atoms with Crippen molar-refractivity contribution in [2.24, 2.45) is 0 Å². The molecule has 0 heterocycles. The maximum Gasteiger partial charge on any atom is 0.317 e. The van der Waals surface area contributed by atoms with Gasteiger partial charge in [0, 0.05) is 19.5 Å². The van der Waals surface area contributed by atoms with Gasteiger partial charge in [-0.3, -0.25) is 9.59 Å². The van der Waals surface area contributed by atoms with Crippen molar-refractivity contribution in [1.82, 2.24) is 0 Å². The molecule has 5 heteroatoms. The number of carboxylic acid groups (broad SMARTS) is 1. The molecule has 1 N–H and O–H groups in total. The van der Waals surface area contributed by atoms with E-state index >= 15 is 0 Å². The Balaban J connectivity index is 0. The van der Waals surface area contributed by atoms with E-state index in [1.54, 1.807) is 6.92 Å². The van der Waals surface area contributed by atoms with Crippen molar-refractivity contribution >= 4 is 11.9 Å². The fourth-order valence-corrected chi connectivity index (χ4v) is 0.335. The summed E-state index contributed by atoms with van der Waals surface area (Å²) in [4.78, 5) is 20.0. The maximum atomic E-state index is 10.3. The molecule has 0 atom stereocenters. The molecule has 0 aliphatic carbocycles. The number of ether oxygens (including phenoxy) is 1. The Kier molecular flexibility index (Phi) is 8.19. The quantitative estimate of drug-likeness (QED) is 0.394. The SMILES string of the molecule is CCOC(=O)CC(=O)O.[Zn]. The van der Waals surface area contributed by atoms with Crippen LogP contribution in [0.3, 0.4) is 0 Å². The van der Waals surface area contributed by atoms with Crippen LogP contribution in [-0.2, 0) is 33.8 Å². The van der Waals surface area contributed by atoms with Crippen molar-refractivity contribution in [3.8, 4) is 0 Å². The summed E-state index contributed by atoms with van der Waals surface area (Å²) in [7, 11) is 0. The largest absolute Gasteiger partial charge is 0.481 e. The van der Waals surface area contributed by atoms with Crippen LogP contribution in [0.2, 0.25) is 0 Å². The van der Waals surface area contributed by atoms with Crippen LogP contribution in [-0.4, -0.2) is 23.7 Å². The van der Waals surface area contributed by atoms with Crippen LogP contribution in [0.4, 0.5) is 0 Å². The van der Waals surface area contributed by atoms with Crippen LogP contribution in [0.1, 0.15) is 13.3 Å². The summed E-state index contributed by atoms with van der Waals surface area (Å²) in [5, 5.41) is 8.01. The van der Waals surface area contributed by atoms with Crippen LogP contribution < -0.4 is 0 Å². The van der Waals surface area contributed by atoms with Gasteiger partial charge < -0.3 is 9.84 Å². The first-order valence-electron chi connectivity index (χ1n) is 2.54. The molecule has 0 aromatic rings. The number of hydrogen-bond acceptors (Lipinski definition) is 3. The van der Waals surface area contributed by atoms with Crippen LogP contribution in [0, 0.1) is 0 Å². The Labute approximate surface area is 71.3 Å². The van der Waals surface area contributed by atoms with Gasteiger partial charge in [-0.1, -0.05) is 0 Å². The second-order valence-electron chi connectivity index (χ2n) is 1.38. The van der Waals surface area contributed by atoms with Crippen LogP contribution in [0.15, 0.2) is 0 Å². The molecule has 0 saturated carbocycles. The summed E-state index contributed by atoms with van der Waals surface area (Å²) in [6.07, 6.45) is -0.548. The summed E-state index contributed by atoms with van der Waals surface area (Å²) in [5.74, 6) is -1.85. The Hall–Kier alpha value is -0.437. The number of carboxylic acids is 1. The summed E-state index contributed by atoms with van der Waals surface area (Å²) in [6, 6.07) is 0. The second-order valence-corrected chi connectivity index (χ2v) is 1.38. The molecule has 0 radical (unpaired) electrons. The Morgan fingerprint density at radius 3 is 2.30 bits per heavy atom. The topological polar surface area (TPSA) is 63.6 Å². The first-order chi connectivity index (χ1) is 4.16. The minimum Gasteiger partial charge on any atom is -0.481 e. The van der Waals surface area contributed by atoms with Gasteiger partial charge in [0.25, 0.3) is 0 Å². The predicted molar refractivity (Wildman–Crippen MR) is 28.9 cm³/mol. The van der Waals surface area contributed by atoms with Crippen molar-refractivity contribution in [1.29, 1.82) is 0 Å². The standard InChI is InChI=1S/C5H8O4.Zn/c1-2-9-5(8)3-4(6)7;/h2-3H2,1H3,(H,6,7);. The number of carbonyl (C=O) groups is 2. The van der Waals surface area contributed by atoms with Crippen molar-refractivity contribution < 1.29 is 38.9 Å². The van der Waals surface area contributed by atoms with Gasteiger partial charge in [0.1, 0.15) is 6.42 Å². The number of hydrogen-bond donors (Lipinski definition) is 1. The van der Waals surface area contributed by atoms with E-state index in [9.17, 15) is 9.59 Å². The number of rotatable bonds is 3. The zero-order chi connectivity index (χ0) is 7.28. The Morgan fingerprint density at radius 1 is 1.50 bits per heavy atom. The molecular formula is C5H8O4Zn.